The molecule has 160 valence electrons. The summed E-state index contributed by atoms with van der Waals surface area (Å²) in [6.07, 6.45) is 14.8. The number of aryl methyl sites for hydroxylation is 1. The van der Waals surface area contributed by atoms with Gasteiger partial charge in [0.05, 0.1) is 6.61 Å². The third-order valence-electron chi connectivity index (χ3n) is 7.42. The molecule has 1 nitrogen and oxygen atoms in total. The summed E-state index contributed by atoms with van der Waals surface area (Å²) < 4.78 is 5.84. The summed E-state index contributed by atoms with van der Waals surface area (Å²) in [4.78, 5) is 0. The molecule has 0 radical (unpaired) electrons. The van der Waals surface area contributed by atoms with Gasteiger partial charge in [-0.3, -0.25) is 0 Å². The van der Waals surface area contributed by atoms with Crippen molar-refractivity contribution in [2.24, 2.45) is 5.92 Å². The van der Waals surface area contributed by atoms with Crippen LogP contribution in [-0.4, -0.2) is 6.61 Å². The Morgan fingerprint density at radius 3 is 2.33 bits per heavy atom. The second kappa shape index (κ2) is 10.3. The Labute approximate surface area is 183 Å². The van der Waals surface area contributed by atoms with Crippen LogP contribution in [-0.2, 0) is 12.8 Å². The maximum absolute atomic E-state index is 5.84. The summed E-state index contributed by atoms with van der Waals surface area (Å²) in [6.45, 7) is 6.81. The summed E-state index contributed by atoms with van der Waals surface area (Å²) in [5.41, 5.74) is 6.07. The van der Waals surface area contributed by atoms with Gasteiger partial charge in [0.2, 0.25) is 0 Å². The van der Waals surface area contributed by atoms with Crippen LogP contribution in [0.2, 0.25) is 0 Å². The van der Waals surface area contributed by atoms with Crippen LogP contribution in [0.15, 0.2) is 55.1 Å². The Morgan fingerprint density at radius 2 is 1.63 bits per heavy atom. The molecule has 1 unspecified atom stereocenters. The van der Waals surface area contributed by atoms with Gasteiger partial charge in [-0.1, -0.05) is 56.2 Å². The molecule has 2 aliphatic rings. The zero-order valence-corrected chi connectivity index (χ0v) is 18.7. The molecule has 2 aromatic carbocycles. The summed E-state index contributed by atoms with van der Waals surface area (Å²) in [5, 5.41) is 0. The van der Waals surface area contributed by atoms with Gasteiger partial charge in [-0.2, -0.15) is 0 Å². The van der Waals surface area contributed by atoms with E-state index in [-0.39, 0.29) is 0 Å². The first-order valence-electron chi connectivity index (χ1n) is 12.2. The topological polar surface area (TPSA) is 9.23 Å². The molecule has 0 amide bonds. The lowest BCUT2D eigenvalue weighted by Gasteiger charge is -2.29. The lowest BCUT2D eigenvalue weighted by Crippen LogP contribution is -2.14. The van der Waals surface area contributed by atoms with Gasteiger partial charge in [-0.05, 0) is 104 Å². The van der Waals surface area contributed by atoms with Crippen molar-refractivity contribution in [3.63, 3.8) is 0 Å². The minimum Gasteiger partial charge on any atom is -0.493 e. The second-order valence-corrected chi connectivity index (χ2v) is 9.47. The molecule has 0 bridgehead atoms. The zero-order chi connectivity index (χ0) is 20.8. The second-order valence-electron chi connectivity index (χ2n) is 9.47. The van der Waals surface area contributed by atoms with Gasteiger partial charge in [0.1, 0.15) is 5.75 Å². The van der Waals surface area contributed by atoms with Crippen molar-refractivity contribution in [1.29, 1.82) is 0 Å². The van der Waals surface area contributed by atoms with Crippen LogP contribution in [0.25, 0.3) is 0 Å². The van der Waals surface area contributed by atoms with Crippen LogP contribution in [0.1, 0.15) is 92.4 Å². The molecule has 0 aliphatic heterocycles. The first kappa shape index (κ1) is 21.2. The largest absolute Gasteiger partial charge is 0.493 e. The first-order valence-corrected chi connectivity index (χ1v) is 12.2. The highest BCUT2D eigenvalue weighted by Gasteiger charge is 2.23. The van der Waals surface area contributed by atoms with Gasteiger partial charge in [-0.25, -0.2) is 0 Å². The highest BCUT2D eigenvalue weighted by Crippen LogP contribution is 2.39. The molecular formula is C29H38O. The van der Waals surface area contributed by atoms with Crippen LogP contribution >= 0.6 is 0 Å². The van der Waals surface area contributed by atoms with E-state index in [1.165, 1.54) is 61.6 Å². The number of ether oxygens (including phenoxy) is 1. The van der Waals surface area contributed by atoms with Crippen molar-refractivity contribution >= 4 is 0 Å². The van der Waals surface area contributed by atoms with Crippen molar-refractivity contribution in [2.75, 3.05) is 6.61 Å². The van der Waals surface area contributed by atoms with Crippen molar-refractivity contribution in [3.05, 3.63) is 77.4 Å². The lowest BCUT2D eigenvalue weighted by atomic mass is 9.76. The van der Waals surface area contributed by atoms with E-state index in [0.29, 0.717) is 5.92 Å². The molecule has 1 fully saturated rings. The fraction of sp³-hybridized carbons (Fsp3) is 0.517. The van der Waals surface area contributed by atoms with Crippen molar-refractivity contribution in [3.8, 4) is 5.75 Å². The predicted molar refractivity (Wildman–Crippen MR) is 128 cm³/mol. The minimum absolute atomic E-state index is 0.652. The quantitative estimate of drug-likeness (QED) is 0.321. The van der Waals surface area contributed by atoms with Crippen molar-refractivity contribution in [1.82, 2.24) is 0 Å². The summed E-state index contributed by atoms with van der Waals surface area (Å²) in [6, 6.07) is 16.4. The van der Waals surface area contributed by atoms with Gasteiger partial charge >= 0.3 is 0 Å². The molecule has 0 saturated heterocycles. The molecule has 30 heavy (non-hydrogen) atoms. The van der Waals surface area contributed by atoms with Crippen LogP contribution < -0.4 is 4.74 Å². The lowest BCUT2D eigenvalue weighted by molar-refractivity contribution is 0.308. The summed E-state index contributed by atoms with van der Waals surface area (Å²) >= 11 is 0. The van der Waals surface area contributed by atoms with E-state index < -0.39 is 0 Å². The fourth-order valence-electron chi connectivity index (χ4n) is 5.60. The molecule has 0 N–H and O–H groups in total. The Morgan fingerprint density at radius 1 is 0.900 bits per heavy atom. The third kappa shape index (κ3) is 5.17. The average Bonchev–Trinajstić information content (AvgIpc) is 2.80. The average molecular weight is 403 g/mol. The Balaban J connectivity index is 1.35. The van der Waals surface area contributed by atoms with Gasteiger partial charge < -0.3 is 4.74 Å². The number of benzene rings is 2. The maximum atomic E-state index is 5.84. The SMILES string of the molecule is C=CCCOc1ccc2c(c1)CCC(c1ccc(C3CCC(CCC)CC3)cc1)C2. The molecule has 1 heteroatoms. The molecule has 4 rings (SSSR count). The Bertz CT molecular complexity index is 811. The molecule has 0 aromatic heterocycles. The molecule has 1 saturated carbocycles. The van der Waals surface area contributed by atoms with Crippen molar-refractivity contribution < 1.29 is 4.74 Å². The number of rotatable bonds is 8. The minimum atomic E-state index is 0.652. The third-order valence-corrected chi connectivity index (χ3v) is 7.42. The number of hydrogen-bond acceptors (Lipinski definition) is 1. The molecule has 0 heterocycles. The fourth-order valence-corrected chi connectivity index (χ4v) is 5.60. The van der Waals surface area contributed by atoms with E-state index in [4.69, 9.17) is 4.74 Å². The van der Waals surface area contributed by atoms with E-state index in [0.717, 1.165) is 43.5 Å². The molecule has 2 aromatic rings. The van der Waals surface area contributed by atoms with Gasteiger partial charge in [0.15, 0.2) is 0 Å². The van der Waals surface area contributed by atoms with Crippen LogP contribution in [0.4, 0.5) is 0 Å². The van der Waals surface area contributed by atoms with E-state index in [9.17, 15) is 0 Å². The van der Waals surface area contributed by atoms with E-state index in [1.807, 2.05) is 6.08 Å². The monoisotopic (exact) mass is 402 g/mol. The number of fused-ring (bicyclic) bond motifs is 1. The van der Waals surface area contributed by atoms with Crippen LogP contribution in [0, 0.1) is 5.92 Å². The van der Waals surface area contributed by atoms with E-state index in [1.54, 1.807) is 5.56 Å². The standard InChI is InChI=1S/C29H38O/c1-3-5-19-30-29-18-17-27-20-26(15-16-28(27)21-29)25-13-11-24(12-14-25)23-9-7-22(6-4-2)8-10-23/h3,11-14,17-18,21-23,26H,1,4-10,15-16,19-20H2,2H3. The molecular weight excluding hydrogens is 364 g/mol. The highest BCUT2D eigenvalue weighted by molar-refractivity contribution is 5.40. The zero-order valence-electron chi connectivity index (χ0n) is 18.7. The number of hydrogen-bond donors (Lipinski definition) is 0. The van der Waals surface area contributed by atoms with Gasteiger partial charge in [0, 0.05) is 0 Å². The molecule has 2 aliphatic carbocycles. The predicted octanol–water partition coefficient (Wildman–Crippen LogP) is 7.99. The normalized spacial score (nSPS) is 23.6. The van der Waals surface area contributed by atoms with E-state index >= 15 is 0 Å². The van der Waals surface area contributed by atoms with Gasteiger partial charge in [0.25, 0.3) is 0 Å². The van der Waals surface area contributed by atoms with Crippen molar-refractivity contribution in [2.45, 2.75) is 83.0 Å². The van der Waals surface area contributed by atoms with Gasteiger partial charge in [-0.15, -0.1) is 6.58 Å². The Hall–Kier alpha value is -2.02. The smallest absolute Gasteiger partial charge is 0.119 e. The van der Waals surface area contributed by atoms with Crippen LogP contribution in [0.3, 0.4) is 0 Å². The summed E-state index contributed by atoms with van der Waals surface area (Å²) in [7, 11) is 0. The van der Waals surface area contributed by atoms with E-state index in [2.05, 4.69) is 56.0 Å². The first-order chi connectivity index (χ1) is 14.8. The maximum Gasteiger partial charge on any atom is 0.119 e. The molecule has 1 atom stereocenters. The molecule has 0 spiro atoms. The summed E-state index contributed by atoms with van der Waals surface area (Å²) in [5.74, 6) is 3.44. The van der Waals surface area contributed by atoms with Crippen LogP contribution in [0.5, 0.6) is 5.75 Å². The Kier molecular flexibility index (Phi) is 7.31. The highest BCUT2D eigenvalue weighted by atomic mass is 16.5.